The number of thiophene rings is 1. The van der Waals surface area contributed by atoms with E-state index in [1.807, 2.05) is 0 Å². The van der Waals surface area contributed by atoms with Crippen LogP contribution in [0.5, 0.6) is 0 Å². The Hall–Kier alpha value is -1.18. The van der Waals surface area contributed by atoms with Crippen molar-refractivity contribution >= 4 is 60.8 Å². The molecule has 0 saturated heterocycles. The molecule has 0 fully saturated rings. The first-order valence-corrected chi connectivity index (χ1v) is 7.93. The molecule has 2 rings (SSSR count). The molecule has 2 aromatic rings. The smallest absolute Gasteiger partial charge is 0.307 e. The van der Waals surface area contributed by atoms with Gasteiger partial charge in [-0.05, 0) is 49.6 Å². The van der Waals surface area contributed by atoms with E-state index in [1.165, 1.54) is 11.3 Å². The first-order valence-electron chi connectivity index (χ1n) is 5.53. The Bertz CT molecular complexity index is 669. The summed E-state index contributed by atoms with van der Waals surface area (Å²) in [6.07, 6.45) is -0.134. The van der Waals surface area contributed by atoms with Gasteiger partial charge in [-0.1, -0.05) is 18.2 Å². The van der Waals surface area contributed by atoms with Gasteiger partial charge in [-0.3, -0.25) is 9.59 Å². The zero-order valence-corrected chi connectivity index (χ0v) is 14.0. The van der Waals surface area contributed by atoms with Gasteiger partial charge in [-0.15, -0.1) is 11.3 Å². The predicted molar refractivity (Wildman–Crippen MR) is 85.5 cm³/mol. The second-order valence-electron chi connectivity index (χ2n) is 3.92. The predicted octanol–water partition coefficient (Wildman–Crippen LogP) is 4.15. The molecule has 4 nitrogen and oxygen atoms in total. The lowest BCUT2D eigenvalue weighted by molar-refractivity contribution is -0.136. The second-order valence-corrected chi connectivity index (χ2v) is 7.67. The van der Waals surface area contributed by atoms with Crippen LogP contribution in [0.25, 0.3) is 0 Å². The minimum Gasteiger partial charge on any atom is -0.481 e. The Morgan fingerprint density at radius 1 is 1.25 bits per heavy atom. The zero-order valence-electron chi connectivity index (χ0n) is 10.0. The summed E-state index contributed by atoms with van der Waals surface area (Å²) < 4.78 is 1.56. The molecule has 0 aliphatic rings. The monoisotopic (exact) mass is 417 g/mol. The van der Waals surface area contributed by atoms with Crippen molar-refractivity contribution in [2.45, 2.75) is 6.42 Å². The van der Waals surface area contributed by atoms with Crippen LogP contribution in [0.4, 0.5) is 5.69 Å². The number of carboxylic acid groups (broad SMARTS) is 1. The van der Waals surface area contributed by atoms with Gasteiger partial charge in [-0.25, -0.2) is 0 Å². The Labute approximate surface area is 136 Å². The summed E-state index contributed by atoms with van der Waals surface area (Å²) in [6.45, 7) is 0. The number of carboxylic acids is 1. The number of benzene rings is 1. The van der Waals surface area contributed by atoms with Crippen LogP contribution in [0.3, 0.4) is 0 Å². The van der Waals surface area contributed by atoms with Crippen molar-refractivity contribution in [3.05, 3.63) is 49.0 Å². The summed E-state index contributed by atoms with van der Waals surface area (Å²) in [7, 11) is 0. The van der Waals surface area contributed by atoms with Crippen LogP contribution in [-0.4, -0.2) is 17.0 Å². The fraction of sp³-hybridized carbons (Fsp3) is 0.0769. The average Bonchev–Trinajstić information content (AvgIpc) is 2.70. The largest absolute Gasteiger partial charge is 0.481 e. The molecule has 7 heteroatoms. The van der Waals surface area contributed by atoms with E-state index < -0.39 is 5.97 Å². The highest BCUT2D eigenvalue weighted by Gasteiger charge is 2.15. The van der Waals surface area contributed by atoms with E-state index in [4.69, 9.17) is 5.11 Å². The van der Waals surface area contributed by atoms with Crippen molar-refractivity contribution in [3.63, 3.8) is 0 Å². The summed E-state index contributed by atoms with van der Waals surface area (Å²) in [5.41, 5.74) is 1.58. The van der Waals surface area contributed by atoms with Crippen LogP contribution in [0.1, 0.15) is 15.9 Å². The number of rotatable bonds is 4. The van der Waals surface area contributed by atoms with Crippen LogP contribution in [0, 0.1) is 0 Å². The Balaban J connectivity index is 2.24. The number of aliphatic carboxylic acids is 1. The van der Waals surface area contributed by atoms with Crippen LogP contribution in [-0.2, 0) is 11.2 Å². The van der Waals surface area contributed by atoms with E-state index in [9.17, 15) is 9.59 Å². The molecular weight excluding hydrogens is 410 g/mol. The molecule has 0 aliphatic carbocycles. The molecule has 0 bridgehead atoms. The molecule has 1 amide bonds. The van der Waals surface area contributed by atoms with Gasteiger partial charge in [0, 0.05) is 5.69 Å². The van der Waals surface area contributed by atoms with Crippen LogP contribution < -0.4 is 5.32 Å². The van der Waals surface area contributed by atoms with Gasteiger partial charge < -0.3 is 10.4 Å². The van der Waals surface area contributed by atoms with E-state index in [2.05, 4.69) is 37.2 Å². The third-order valence-corrected chi connectivity index (χ3v) is 4.85. The molecule has 0 atom stereocenters. The average molecular weight is 419 g/mol. The van der Waals surface area contributed by atoms with Gasteiger partial charge in [0.1, 0.15) is 0 Å². The molecule has 0 spiro atoms. The lowest BCUT2D eigenvalue weighted by Gasteiger charge is -2.09. The maximum atomic E-state index is 12.2. The second kappa shape index (κ2) is 6.51. The standard InChI is InChI=1S/C13H9Br2NO3S/c14-10-6-8(12(15)20-10)13(19)16-9-4-2-1-3-7(9)5-11(17)18/h1-4,6H,5H2,(H,16,19)(H,17,18). The summed E-state index contributed by atoms with van der Waals surface area (Å²) in [5, 5.41) is 11.6. The van der Waals surface area contributed by atoms with E-state index in [1.54, 1.807) is 30.3 Å². The minimum absolute atomic E-state index is 0.134. The first-order chi connectivity index (χ1) is 9.47. The van der Waals surface area contributed by atoms with Crippen LogP contribution in [0.15, 0.2) is 37.9 Å². The number of carbonyl (C=O) groups is 2. The van der Waals surface area contributed by atoms with Crippen molar-refractivity contribution in [1.82, 2.24) is 0 Å². The molecule has 0 unspecified atom stereocenters. The quantitative estimate of drug-likeness (QED) is 0.783. The van der Waals surface area contributed by atoms with Crippen molar-refractivity contribution < 1.29 is 14.7 Å². The number of halogens is 2. The molecule has 0 radical (unpaired) electrons. The number of carbonyl (C=O) groups excluding carboxylic acids is 1. The third-order valence-electron chi connectivity index (χ3n) is 2.51. The van der Waals surface area contributed by atoms with Crippen molar-refractivity contribution in [1.29, 1.82) is 0 Å². The number of para-hydroxylation sites is 1. The molecular formula is C13H9Br2NO3S. The van der Waals surface area contributed by atoms with Gasteiger partial charge >= 0.3 is 5.97 Å². The highest BCUT2D eigenvalue weighted by molar-refractivity contribution is 9.12. The Morgan fingerprint density at radius 3 is 2.55 bits per heavy atom. The number of amides is 1. The molecule has 1 aromatic heterocycles. The van der Waals surface area contributed by atoms with Crippen molar-refractivity contribution in [2.24, 2.45) is 0 Å². The summed E-state index contributed by atoms with van der Waals surface area (Å²) in [5.74, 6) is -1.22. The molecule has 0 saturated carbocycles. The molecule has 1 heterocycles. The normalized spacial score (nSPS) is 10.3. The van der Waals surface area contributed by atoms with E-state index >= 15 is 0 Å². The third kappa shape index (κ3) is 3.68. The number of hydrogen-bond acceptors (Lipinski definition) is 3. The fourth-order valence-corrected chi connectivity index (χ4v) is 4.44. The van der Waals surface area contributed by atoms with E-state index in [0.717, 1.165) is 7.57 Å². The molecule has 1 aromatic carbocycles. The summed E-state index contributed by atoms with van der Waals surface area (Å²) in [6, 6.07) is 8.57. The number of hydrogen-bond donors (Lipinski definition) is 2. The van der Waals surface area contributed by atoms with Crippen molar-refractivity contribution in [2.75, 3.05) is 5.32 Å². The van der Waals surface area contributed by atoms with Crippen LogP contribution in [0.2, 0.25) is 0 Å². The van der Waals surface area contributed by atoms with Gasteiger partial charge in [0.05, 0.1) is 19.6 Å². The molecule has 2 N–H and O–H groups in total. The van der Waals surface area contributed by atoms with E-state index in [0.29, 0.717) is 16.8 Å². The SMILES string of the molecule is O=C(O)Cc1ccccc1NC(=O)c1cc(Br)sc1Br. The summed E-state index contributed by atoms with van der Waals surface area (Å²) in [4.78, 5) is 23.0. The van der Waals surface area contributed by atoms with Gasteiger partial charge in [0.25, 0.3) is 5.91 Å². The maximum absolute atomic E-state index is 12.2. The number of nitrogens with one attached hydrogen (secondary N) is 1. The first kappa shape index (κ1) is 15.2. The lowest BCUT2D eigenvalue weighted by Crippen LogP contribution is -2.14. The topological polar surface area (TPSA) is 66.4 Å². The minimum atomic E-state index is -0.939. The maximum Gasteiger partial charge on any atom is 0.307 e. The molecule has 0 aliphatic heterocycles. The lowest BCUT2D eigenvalue weighted by atomic mass is 10.1. The zero-order chi connectivity index (χ0) is 14.7. The van der Waals surface area contributed by atoms with Crippen molar-refractivity contribution in [3.8, 4) is 0 Å². The Kier molecular flexibility index (Phi) is 4.95. The fourth-order valence-electron chi connectivity index (χ4n) is 1.64. The van der Waals surface area contributed by atoms with Gasteiger partial charge in [0.15, 0.2) is 0 Å². The van der Waals surface area contributed by atoms with Crippen LogP contribution >= 0.6 is 43.2 Å². The molecule has 20 heavy (non-hydrogen) atoms. The molecule has 104 valence electrons. The van der Waals surface area contributed by atoms with E-state index in [-0.39, 0.29) is 12.3 Å². The van der Waals surface area contributed by atoms with Gasteiger partial charge in [0.2, 0.25) is 0 Å². The Morgan fingerprint density at radius 2 is 1.95 bits per heavy atom. The van der Waals surface area contributed by atoms with Gasteiger partial charge in [-0.2, -0.15) is 0 Å². The highest BCUT2D eigenvalue weighted by atomic mass is 79.9. The summed E-state index contributed by atoms with van der Waals surface area (Å²) >= 11 is 8.04. The number of anilines is 1. The highest BCUT2D eigenvalue weighted by Crippen LogP contribution is 2.32.